The predicted octanol–water partition coefficient (Wildman–Crippen LogP) is 7.36. The zero-order valence-electron chi connectivity index (χ0n) is 34.9. The Morgan fingerprint density at radius 2 is 1.07 bits per heavy atom. The van der Waals surface area contributed by atoms with Crippen molar-refractivity contribution in [3.05, 3.63) is 198 Å². The third-order valence-electron chi connectivity index (χ3n) is 10.8. The summed E-state index contributed by atoms with van der Waals surface area (Å²) in [4.78, 5) is 54.2. The van der Waals surface area contributed by atoms with Gasteiger partial charge in [0.25, 0.3) is 11.1 Å². The van der Waals surface area contributed by atoms with Crippen molar-refractivity contribution >= 4 is 0 Å². The summed E-state index contributed by atoms with van der Waals surface area (Å²) in [5.41, 5.74) is -2.05. The van der Waals surface area contributed by atoms with Gasteiger partial charge in [-0.05, 0) is 110 Å². The fourth-order valence-electron chi connectivity index (χ4n) is 7.49. The van der Waals surface area contributed by atoms with Crippen molar-refractivity contribution in [1.82, 2.24) is 38.2 Å². The number of rotatable bonds is 7. The Bertz CT molecular complexity index is 3490. The van der Waals surface area contributed by atoms with Crippen molar-refractivity contribution in [3.8, 4) is 57.4 Å². The number of halogens is 6. The van der Waals surface area contributed by atoms with Crippen molar-refractivity contribution in [2.75, 3.05) is 13.2 Å². The van der Waals surface area contributed by atoms with Crippen LogP contribution in [0, 0.1) is 22.7 Å². The van der Waals surface area contributed by atoms with Crippen LogP contribution < -0.4 is 22.5 Å². The zero-order chi connectivity index (χ0) is 48.3. The topological polar surface area (TPSA) is 191 Å². The molecule has 0 atom stereocenters. The lowest BCUT2D eigenvalue weighted by Crippen LogP contribution is -2.43. The molecular weight excluding hydrogens is 899 g/mol. The molecule has 0 amide bonds. The fourth-order valence-corrected chi connectivity index (χ4v) is 7.49. The maximum Gasteiger partial charge on any atom is 0.416 e. The van der Waals surface area contributed by atoms with Crippen LogP contribution in [-0.2, 0) is 17.1 Å². The number of hydrogen-bond donors (Lipinski definition) is 1. The average molecular weight is 931 g/mol. The highest BCUT2D eigenvalue weighted by atomic mass is 19.4. The van der Waals surface area contributed by atoms with E-state index < -0.39 is 52.0 Å². The first-order valence-corrected chi connectivity index (χ1v) is 20.3. The lowest BCUT2D eigenvalue weighted by atomic mass is 10.1. The Hall–Kier alpha value is -8.82. The molecule has 0 spiro atoms. The highest BCUT2D eigenvalue weighted by Gasteiger charge is 2.32. The van der Waals surface area contributed by atoms with Crippen LogP contribution in [0.5, 0.6) is 0 Å². The maximum absolute atomic E-state index is 13.7. The standard InChI is InChI=1S/C26H20F3N5O3.C21H12F3N5O2/c27-26(28,29)18-2-1-3-21(14-18)32-16-22(24(35)33(25(32)36)19-9-12-37-13-10-19)23-8-11-31-34(23)20-6-4-17(15-30)5-7-20;22-21(23,24)14-2-1-3-16(10-14)28-12-17(19(30)27-20(28)31)18-8-9-26-29(18)15-6-4-13(11-25)5-7-15/h1-8,11,14,16,19H,9-10,12-13H2;1-10,12H,(H,27,30,31). The molecule has 21 heteroatoms. The van der Waals surface area contributed by atoms with Gasteiger partial charge in [0.15, 0.2) is 0 Å². The fraction of sp³-hybridized carbons (Fsp3) is 0.149. The van der Waals surface area contributed by atoms with Crippen molar-refractivity contribution in [3.63, 3.8) is 0 Å². The summed E-state index contributed by atoms with van der Waals surface area (Å²) in [5, 5.41) is 26.5. The van der Waals surface area contributed by atoms with Gasteiger partial charge in [-0.15, -0.1) is 0 Å². The van der Waals surface area contributed by atoms with Gasteiger partial charge < -0.3 is 4.74 Å². The number of ether oxygens (including phenoxy) is 1. The molecule has 68 heavy (non-hydrogen) atoms. The Kier molecular flexibility index (Phi) is 12.5. The van der Waals surface area contributed by atoms with E-state index in [1.54, 1.807) is 54.6 Å². The van der Waals surface area contributed by atoms with Crippen molar-refractivity contribution in [2.45, 2.75) is 31.2 Å². The minimum Gasteiger partial charge on any atom is -0.381 e. The maximum atomic E-state index is 13.7. The van der Waals surface area contributed by atoms with Crippen molar-refractivity contribution < 1.29 is 31.1 Å². The van der Waals surface area contributed by atoms with E-state index in [0.29, 0.717) is 59.9 Å². The van der Waals surface area contributed by atoms with Gasteiger partial charge in [-0.2, -0.15) is 47.1 Å². The highest BCUT2D eigenvalue weighted by molar-refractivity contribution is 5.62. The van der Waals surface area contributed by atoms with Gasteiger partial charge >= 0.3 is 23.7 Å². The quantitative estimate of drug-likeness (QED) is 0.159. The molecule has 1 aliphatic rings. The van der Waals surface area contributed by atoms with Crippen LogP contribution in [0.1, 0.15) is 41.1 Å². The molecule has 8 aromatic rings. The van der Waals surface area contributed by atoms with Crippen LogP contribution in [0.3, 0.4) is 0 Å². The van der Waals surface area contributed by atoms with Crippen LogP contribution >= 0.6 is 0 Å². The molecule has 1 aliphatic heterocycles. The largest absolute Gasteiger partial charge is 0.416 e. The number of H-pyrrole nitrogens is 1. The molecule has 5 heterocycles. The third-order valence-corrected chi connectivity index (χ3v) is 10.8. The summed E-state index contributed by atoms with van der Waals surface area (Å²) in [6.45, 7) is 0.709. The number of nitrogens with zero attached hydrogens (tertiary/aromatic N) is 9. The first-order valence-electron chi connectivity index (χ1n) is 20.3. The van der Waals surface area contributed by atoms with E-state index >= 15 is 0 Å². The monoisotopic (exact) mass is 930 g/mol. The molecule has 0 aliphatic carbocycles. The second-order valence-electron chi connectivity index (χ2n) is 15.1. The van der Waals surface area contributed by atoms with Crippen LogP contribution in [0.25, 0.3) is 45.3 Å². The van der Waals surface area contributed by atoms with Gasteiger partial charge in [0.2, 0.25) is 0 Å². The zero-order valence-corrected chi connectivity index (χ0v) is 34.9. The van der Waals surface area contributed by atoms with Crippen LogP contribution in [0.4, 0.5) is 26.3 Å². The van der Waals surface area contributed by atoms with E-state index in [-0.39, 0.29) is 22.5 Å². The van der Waals surface area contributed by atoms with Crippen LogP contribution in [-0.4, -0.2) is 51.5 Å². The number of aromatic amines is 1. The van der Waals surface area contributed by atoms with Gasteiger partial charge in [0.1, 0.15) is 0 Å². The van der Waals surface area contributed by atoms with Gasteiger partial charge in [0, 0.05) is 31.6 Å². The molecule has 0 saturated carbocycles. The molecule has 342 valence electrons. The number of benzene rings is 4. The Morgan fingerprint density at radius 1 is 0.603 bits per heavy atom. The molecule has 1 N–H and O–H groups in total. The molecule has 4 aromatic carbocycles. The summed E-state index contributed by atoms with van der Waals surface area (Å²) in [6.07, 6.45) is -3.02. The van der Waals surface area contributed by atoms with Crippen molar-refractivity contribution in [1.29, 1.82) is 10.5 Å². The number of alkyl halides is 6. The minimum absolute atomic E-state index is 0.0219. The van der Waals surface area contributed by atoms with Crippen molar-refractivity contribution in [2.24, 2.45) is 0 Å². The summed E-state index contributed by atoms with van der Waals surface area (Å²) >= 11 is 0. The molecule has 9 rings (SSSR count). The van der Waals surface area contributed by atoms with E-state index in [1.807, 2.05) is 12.1 Å². The Balaban J connectivity index is 0.000000187. The first kappa shape index (κ1) is 45.7. The first-order chi connectivity index (χ1) is 32.5. The predicted molar refractivity (Wildman–Crippen MR) is 233 cm³/mol. The van der Waals surface area contributed by atoms with E-state index in [4.69, 9.17) is 15.3 Å². The normalized spacial score (nSPS) is 13.0. The van der Waals surface area contributed by atoms with Gasteiger partial charge in [-0.3, -0.25) is 28.3 Å². The minimum atomic E-state index is -4.61. The van der Waals surface area contributed by atoms with E-state index in [9.17, 15) is 45.5 Å². The number of hydrogen-bond acceptors (Lipinski definition) is 9. The van der Waals surface area contributed by atoms with Gasteiger partial charge in [-0.25, -0.2) is 19.0 Å². The van der Waals surface area contributed by atoms with Crippen LogP contribution in [0.2, 0.25) is 0 Å². The van der Waals surface area contributed by atoms with Gasteiger partial charge in [0.05, 0.1) is 92.1 Å². The smallest absolute Gasteiger partial charge is 0.381 e. The summed E-state index contributed by atoms with van der Waals surface area (Å²) < 4.78 is 90.9. The number of nitriles is 2. The van der Waals surface area contributed by atoms with E-state index in [1.165, 1.54) is 64.5 Å². The highest BCUT2D eigenvalue weighted by Crippen LogP contribution is 2.32. The average Bonchev–Trinajstić information content (AvgIpc) is 4.03. The molecule has 0 unspecified atom stereocenters. The summed E-state index contributed by atoms with van der Waals surface area (Å²) in [7, 11) is 0. The third kappa shape index (κ3) is 9.32. The molecule has 4 aromatic heterocycles. The lowest BCUT2D eigenvalue weighted by Gasteiger charge is -2.25. The Morgan fingerprint density at radius 3 is 1.56 bits per heavy atom. The number of aromatic nitrogens is 8. The molecule has 0 bridgehead atoms. The molecule has 15 nitrogen and oxygen atoms in total. The molecular formula is C47H32F6N10O5. The molecule has 1 fully saturated rings. The summed E-state index contributed by atoms with van der Waals surface area (Å²) in [5.74, 6) is 0. The van der Waals surface area contributed by atoms with E-state index in [2.05, 4.69) is 15.2 Å². The van der Waals surface area contributed by atoms with Gasteiger partial charge in [-0.1, -0.05) is 12.1 Å². The van der Waals surface area contributed by atoms with E-state index in [0.717, 1.165) is 38.0 Å². The second-order valence-corrected chi connectivity index (χ2v) is 15.1. The number of nitrogens with one attached hydrogen (secondary N) is 1. The SMILES string of the molecule is N#Cc1ccc(-n2nccc2-c2cn(-c3cccc(C(F)(F)F)c3)c(=O)[nH]c2=O)cc1.N#Cc1ccc(-n2nccc2-c2cn(-c3cccc(C(F)(F)F)c3)c(=O)n(C3CCOCC3)c2=O)cc1. The molecule has 1 saturated heterocycles. The second kappa shape index (κ2) is 18.6. The summed E-state index contributed by atoms with van der Waals surface area (Å²) in [6, 6.07) is 28.2. The van der Waals surface area contributed by atoms with Crippen LogP contribution in [0.15, 0.2) is 153 Å². The Labute approximate surface area is 378 Å². The molecule has 0 radical (unpaired) electrons. The lowest BCUT2D eigenvalue weighted by molar-refractivity contribution is -0.138.